The average Bonchev–Trinajstić information content (AvgIpc) is 2.77. The number of pyridine rings is 1. The van der Waals surface area contributed by atoms with Gasteiger partial charge in [0, 0.05) is 37.9 Å². The zero-order valence-electron chi connectivity index (χ0n) is 11.2. The molecule has 0 aliphatic carbocycles. The number of nitrogens with one attached hydrogen (secondary N) is 1. The Balaban J connectivity index is 1.94. The summed E-state index contributed by atoms with van der Waals surface area (Å²) in [5, 5.41) is 3.41. The molecule has 0 saturated heterocycles. The van der Waals surface area contributed by atoms with E-state index in [1.165, 1.54) is 23.1 Å². The van der Waals surface area contributed by atoms with E-state index in [9.17, 15) is 0 Å². The van der Waals surface area contributed by atoms with E-state index in [1.54, 1.807) is 0 Å². The molecule has 0 aliphatic rings. The van der Waals surface area contributed by atoms with Crippen molar-refractivity contribution in [2.24, 2.45) is 0 Å². The van der Waals surface area contributed by atoms with Gasteiger partial charge < -0.3 is 9.88 Å². The average molecular weight is 243 g/mol. The fourth-order valence-corrected chi connectivity index (χ4v) is 2.02. The lowest BCUT2D eigenvalue weighted by molar-refractivity contribution is 0.673. The van der Waals surface area contributed by atoms with Gasteiger partial charge in [0.1, 0.15) is 0 Å². The van der Waals surface area contributed by atoms with Crippen molar-refractivity contribution in [2.45, 2.75) is 33.4 Å². The van der Waals surface area contributed by atoms with Crippen LogP contribution in [-0.4, -0.2) is 16.1 Å². The Morgan fingerprint density at radius 1 is 1.28 bits per heavy atom. The molecule has 0 fully saturated rings. The first kappa shape index (κ1) is 12.8. The van der Waals surface area contributed by atoms with Gasteiger partial charge in [0.25, 0.3) is 0 Å². The Labute approximate surface area is 109 Å². The molecule has 2 aromatic heterocycles. The third-order valence-corrected chi connectivity index (χ3v) is 2.86. The SMILES string of the molecule is CCCNCc1ccn(Cc2cncc(C)c2)c1. The van der Waals surface area contributed by atoms with Crippen LogP contribution in [0.15, 0.2) is 36.9 Å². The molecule has 0 atom stereocenters. The maximum Gasteiger partial charge on any atom is 0.0485 e. The van der Waals surface area contributed by atoms with E-state index in [0.717, 1.165) is 19.6 Å². The van der Waals surface area contributed by atoms with E-state index >= 15 is 0 Å². The van der Waals surface area contributed by atoms with Crippen LogP contribution in [0.5, 0.6) is 0 Å². The molecule has 0 aromatic carbocycles. The third kappa shape index (κ3) is 3.70. The van der Waals surface area contributed by atoms with E-state index in [1.807, 2.05) is 12.4 Å². The summed E-state index contributed by atoms with van der Waals surface area (Å²) in [4.78, 5) is 4.22. The molecule has 1 N–H and O–H groups in total. The molecule has 3 nitrogen and oxygen atoms in total. The second-order valence-electron chi connectivity index (χ2n) is 4.74. The summed E-state index contributed by atoms with van der Waals surface area (Å²) in [7, 11) is 0. The largest absolute Gasteiger partial charge is 0.350 e. The van der Waals surface area contributed by atoms with Gasteiger partial charge in [-0.25, -0.2) is 0 Å². The minimum atomic E-state index is 0.891. The van der Waals surface area contributed by atoms with Crippen LogP contribution in [0, 0.1) is 6.92 Å². The highest BCUT2D eigenvalue weighted by atomic mass is 14.9. The van der Waals surface area contributed by atoms with Crippen molar-refractivity contribution in [1.82, 2.24) is 14.9 Å². The molecule has 0 amide bonds. The topological polar surface area (TPSA) is 29.9 Å². The minimum absolute atomic E-state index is 0.891. The second kappa shape index (κ2) is 6.36. The number of aromatic nitrogens is 2. The van der Waals surface area contributed by atoms with Gasteiger partial charge in [-0.05, 0) is 42.6 Å². The van der Waals surface area contributed by atoms with Crippen molar-refractivity contribution in [1.29, 1.82) is 0 Å². The number of nitrogens with zero attached hydrogens (tertiary/aromatic N) is 2. The van der Waals surface area contributed by atoms with Crippen molar-refractivity contribution in [3.8, 4) is 0 Å². The van der Waals surface area contributed by atoms with Gasteiger partial charge in [-0.3, -0.25) is 4.98 Å². The van der Waals surface area contributed by atoms with Crippen molar-refractivity contribution in [3.05, 3.63) is 53.6 Å². The molecule has 0 radical (unpaired) electrons. The Morgan fingerprint density at radius 3 is 2.94 bits per heavy atom. The summed E-state index contributed by atoms with van der Waals surface area (Å²) < 4.78 is 2.21. The van der Waals surface area contributed by atoms with E-state index in [2.05, 4.69) is 53.2 Å². The molecule has 2 rings (SSSR count). The maximum absolute atomic E-state index is 4.22. The number of rotatable bonds is 6. The van der Waals surface area contributed by atoms with E-state index in [4.69, 9.17) is 0 Å². The van der Waals surface area contributed by atoms with Gasteiger partial charge in [-0.15, -0.1) is 0 Å². The van der Waals surface area contributed by atoms with Crippen LogP contribution < -0.4 is 5.32 Å². The highest BCUT2D eigenvalue weighted by Gasteiger charge is 1.99. The van der Waals surface area contributed by atoms with E-state index in [-0.39, 0.29) is 0 Å². The summed E-state index contributed by atoms with van der Waals surface area (Å²) in [6, 6.07) is 4.36. The van der Waals surface area contributed by atoms with Crippen molar-refractivity contribution >= 4 is 0 Å². The van der Waals surface area contributed by atoms with Crippen molar-refractivity contribution < 1.29 is 0 Å². The standard InChI is InChI=1S/C15H21N3/c1-3-5-16-9-14-4-6-18(11-14)12-15-7-13(2)8-17-10-15/h4,6-8,10-11,16H,3,5,9,12H2,1-2H3. The van der Waals surface area contributed by atoms with Crippen LogP contribution in [0.25, 0.3) is 0 Å². The predicted molar refractivity (Wildman–Crippen MR) is 74.5 cm³/mol. The first-order valence-electron chi connectivity index (χ1n) is 6.54. The van der Waals surface area contributed by atoms with Crippen molar-refractivity contribution in [2.75, 3.05) is 6.54 Å². The van der Waals surface area contributed by atoms with Gasteiger partial charge in [0.2, 0.25) is 0 Å². The number of hydrogen-bond donors (Lipinski definition) is 1. The zero-order chi connectivity index (χ0) is 12.8. The first-order chi connectivity index (χ1) is 8.78. The first-order valence-corrected chi connectivity index (χ1v) is 6.54. The summed E-state index contributed by atoms with van der Waals surface area (Å²) in [6.07, 6.45) is 9.33. The van der Waals surface area contributed by atoms with Gasteiger partial charge in [0.05, 0.1) is 0 Å². The highest BCUT2D eigenvalue weighted by molar-refractivity contribution is 5.18. The van der Waals surface area contributed by atoms with Crippen molar-refractivity contribution in [3.63, 3.8) is 0 Å². The van der Waals surface area contributed by atoms with Crippen LogP contribution in [0.4, 0.5) is 0 Å². The number of aryl methyl sites for hydroxylation is 1. The maximum atomic E-state index is 4.22. The quantitative estimate of drug-likeness (QED) is 0.791. The van der Waals surface area contributed by atoms with Gasteiger partial charge >= 0.3 is 0 Å². The van der Waals surface area contributed by atoms with Crippen LogP contribution >= 0.6 is 0 Å². The van der Waals surface area contributed by atoms with Crippen LogP contribution in [-0.2, 0) is 13.1 Å². The second-order valence-corrected chi connectivity index (χ2v) is 4.74. The molecule has 0 spiro atoms. The smallest absolute Gasteiger partial charge is 0.0485 e. The van der Waals surface area contributed by atoms with Gasteiger partial charge in [0.15, 0.2) is 0 Å². The van der Waals surface area contributed by atoms with Crippen LogP contribution in [0.3, 0.4) is 0 Å². The third-order valence-electron chi connectivity index (χ3n) is 2.86. The Morgan fingerprint density at radius 2 is 2.17 bits per heavy atom. The number of hydrogen-bond acceptors (Lipinski definition) is 2. The minimum Gasteiger partial charge on any atom is -0.350 e. The van der Waals surface area contributed by atoms with Gasteiger partial charge in [-0.1, -0.05) is 13.0 Å². The Bertz CT molecular complexity index is 488. The summed E-state index contributed by atoms with van der Waals surface area (Å²) in [5.41, 5.74) is 3.80. The molecule has 0 bridgehead atoms. The van der Waals surface area contributed by atoms with Gasteiger partial charge in [-0.2, -0.15) is 0 Å². The van der Waals surface area contributed by atoms with Crippen LogP contribution in [0.1, 0.15) is 30.0 Å². The molecule has 0 saturated carbocycles. The molecular formula is C15H21N3. The summed E-state index contributed by atoms with van der Waals surface area (Å²) >= 11 is 0. The lowest BCUT2D eigenvalue weighted by Gasteiger charge is -2.04. The molecular weight excluding hydrogens is 222 g/mol. The zero-order valence-corrected chi connectivity index (χ0v) is 11.2. The molecule has 0 aliphatic heterocycles. The highest BCUT2D eigenvalue weighted by Crippen LogP contribution is 2.07. The predicted octanol–water partition coefficient (Wildman–Crippen LogP) is 2.74. The normalized spacial score (nSPS) is 10.8. The summed E-state index contributed by atoms with van der Waals surface area (Å²) in [6.45, 7) is 7.18. The van der Waals surface area contributed by atoms with E-state index in [0.29, 0.717) is 0 Å². The molecule has 3 heteroatoms. The molecule has 0 unspecified atom stereocenters. The molecule has 2 aromatic rings. The lowest BCUT2D eigenvalue weighted by Crippen LogP contribution is -2.13. The van der Waals surface area contributed by atoms with Crippen LogP contribution in [0.2, 0.25) is 0 Å². The van der Waals surface area contributed by atoms with E-state index < -0.39 is 0 Å². The Kier molecular flexibility index (Phi) is 4.53. The molecule has 18 heavy (non-hydrogen) atoms. The summed E-state index contributed by atoms with van der Waals surface area (Å²) in [5.74, 6) is 0. The monoisotopic (exact) mass is 243 g/mol. The molecule has 2 heterocycles. The fraction of sp³-hybridized carbons (Fsp3) is 0.400. The fourth-order valence-electron chi connectivity index (χ4n) is 2.02. The Hall–Kier alpha value is -1.61. The lowest BCUT2D eigenvalue weighted by atomic mass is 10.2. The molecule has 96 valence electrons.